The molecule has 0 radical (unpaired) electrons. The lowest BCUT2D eigenvalue weighted by atomic mass is 9.98. The Morgan fingerprint density at radius 2 is 1.69 bits per heavy atom. The normalized spacial score (nSPS) is 16.3. The highest BCUT2D eigenvalue weighted by molar-refractivity contribution is 7.99. The molecule has 0 aromatic heterocycles. The minimum atomic E-state index is -0.762. The van der Waals surface area contributed by atoms with E-state index < -0.39 is 18.1 Å². The van der Waals surface area contributed by atoms with Crippen LogP contribution < -0.4 is 5.32 Å². The Balaban J connectivity index is 1.65. The average molecular weight is 455 g/mol. The van der Waals surface area contributed by atoms with E-state index >= 15 is 0 Å². The van der Waals surface area contributed by atoms with Crippen LogP contribution in [0.2, 0.25) is 0 Å². The molecule has 2 atom stereocenters. The first-order chi connectivity index (χ1) is 15.5. The molecule has 2 aromatic rings. The van der Waals surface area contributed by atoms with Crippen LogP contribution >= 0.6 is 11.8 Å². The molecule has 1 aliphatic heterocycles. The number of amides is 2. The topological polar surface area (TPSA) is 92.8 Å². The molecule has 3 rings (SSSR count). The van der Waals surface area contributed by atoms with Gasteiger partial charge in [0.05, 0.1) is 19.0 Å². The van der Waals surface area contributed by atoms with Crippen LogP contribution in [0.1, 0.15) is 28.8 Å². The summed E-state index contributed by atoms with van der Waals surface area (Å²) in [5, 5.41) is 2.82. The van der Waals surface area contributed by atoms with Crippen molar-refractivity contribution >= 4 is 35.3 Å². The fraction of sp³-hybridized carbons (Fsp3) is 0.333. The summed E-state index contributed by atoms with van der Waals surface area (Å²) in [5.74, 6) is -0.416. The summed E-state index contributed by atoms with van der Waals surface area (Å²) in [4.78, 5) is 51.7. The number of hydrogen-bond acceptors (Lipinski definition) is 6. The molecule has 32 heavy (non-hydrogen) atoms. The van der Waals surface area contributed by atoms with Gasteiger partial charge in [-0.1, -0.05) is 48.5 Å². The number of esters is 1. The van der Waals surface area contributed by atoms with Crippen molar-refractivity contribution in [2.24, 2.45) is 0 Å². The third-order valence-corrected chi connectivity index (χ3v) is 6.29. The summed E-state index contributed by atoms with van der Waals surface area (Å²) in [6.07, 6.45) is 0.274. The number of carbonyl (C=O) groups excluding carboxylic acids is 4. The fourth-order valence-electron chi connectivity index (χ4n) is 3.49. The minimum absolute atomic E-state index is 0.0273. The van der Waals surface area contributed by atoms with Gasteiger partial charge in [0.15, 0.2) is 5.78 Å². The van der Waals surface area contributed by atoms with Gasteiger partial charge in [-0.15, -0.1) is 11.8 Å². The lowest BCUT2D eigenvalue weighted by Crippen LogP contribution is -2.44. The van der Waals surface area contributed by atoms with E-state index in [1.54, 1.807) is 24.3 Å². The molecule has 1 N–H and O–H groups in total. The second-order valence-electron chi connectivity index (χ2n) is 7.45. The van der Waals surface area contributed by atoms with Crippen LogP contribution in [0.4, 0.5) is 0 Å². The molecule has 1 saturated heterocycles. The number of Topliss-reactive ketones (excluding diaryl/α,β-unsaturated/α-hetero) is 1. The Labute approximate surface area is 191 Å². The second-order valence-corrected chi connectivity index (χ2v) is 8.45. The molecule has 0 bridgehead atoms. The third-order valence-electron chi connectivity index (χ3n) is 5.27. The van der Waals surface area contributed by atoms with Gasteiger partial charge in [0.2, 0.25) is 5.91 Å². The van der Waals surface area contributed by atoms with Gasteiger partial charge in [-0.3, -0.25) is 14.4 Å². The van der Waals surface area contributed by atoms with E-state index in [2.05, 4.69) is 5.32 Å². The summed E-state index contributed by atoms with van der Waals surface area (Å²) in [6, 6.07) is 16.7. The number of thioether (sulfide) groups is 1. The van der Waals surface area contributed by atoms with Crippen LogP contribution in [0, 0.1) is 0 Å². The van der Waals surface area contributed by atoms with Gasteiger partial charge in [0, 0.05) is 24.2 Å². The van der Waals surface area contributed by atoms with E-state index in [4.69, 9.17) is 4.74 Å². The molecule has 0 unspecified atom stereocenters. The van der Waals surface area contributed by atoms with E-state index in [1.807, 2.05) is 36.4 Å². The SMILES string of the molecule is COC(=O)[C@H]1CSCN1C(=O)CCC(=O)[C@@H](Cc1ccccc1)NC(=O)c1ccccc1. The smallest absolute Gasteiger partial charge is 0.329 e. The Bertz CT molecular complexity index is 951. The van der Waals surface area contributed by atoms with Gasteiger partial charge in [-0.2, -0.15) is 0 Å². The van der Waals surface area contributed by atoms with Gasteiger partial charge in [-0.05, 0) is 24.1 Å². The molecule has 0 aliphatic carbocycles. The largest absolute Gasteiger partial charge is 0.467 e. The molecule has 2 aromatic carbocycles. The molecule has 1 heterocycles. The summed E-state index contributed by atoms with van der Waals surface area (Å²) in [7, 11) is 1.29. The van der Waals surface area contributed by atoms with Crippen molar-refractivity contribution in [1.29, 1.82) is 0 Å². The molecule has 0 spiro atoms. The van der Waals surface area contributed by atoms with E-state index in [-0.39, 0.29) is 30.4 Å². The van der Waals surface area contributed by atoms with Crippen molar-refractivity contribution in [2.75, 3.05) is 18.7 Å². The first-order valence-corrected chi connectivity index (χ1v) is 11.5. The molecule has 168 valence electrons. The maximum atomic E-state index is 13.0. The fourth-order valence-corrected chi connectivity index (χ4v) is 4.66. The number of benzene rings is 2. The number of carbonyl (C=O) groups is 4. The Kier molecular flexibility index (Phi) is 8.44. The monoisotopic (exact) mass is 454 g/mol. The minimum Gasteiger partial charge on any atom is -0.467 e. The lowest BCUT2D eigenvalue weighted by Gasteiger charge is -2.22. The molecular formula is C24H26N2O5S. The number of ether oxygens (including phenoxy) is 1. The van der Waals surface area contributed by atoms with Crippen LogP contribution in [0.5, 0.6) is 0 Å². The Hall–Kier alpha value is -3.13. The third kappa shape index (κ3) is 6.20. The van der Waals surface area contributed by atoms with Crippen LogP contribution in [0.15, 0.2) is 60.7 Å². The molecule has 1 fully saturated rings. The molecular weight excluding hydrogens is 428 g/mol. The van der Waals surface area contributed by atoms with E-state index in [1.165, 1.54) is 23.8 Å². The van der Waals surface area contributed by atoms with Crippen molar-refractivity contribution < 1.29 is 23.9 Å². The Morgan fingerprint density at radius 1 is 1.03 bits per heavy atom. The van der Waals surface area contributed by atoms with E-state index in [0.29, 0.717) is 23.6 Å². The van der Waals surface area contributed by atoms with E-state index in [9.17, 15) is 19.2 Å². The summed E-state index contributed by atoms with van der Waals surface area (Å²) >= 11 is 1.47. The van der Waals surface area contributed by atoms with Crippen molar-refractivity contribution in [2.45, 2.75) is 31.3 Å². The van der Waals surface area contributed by atoms with Gasteiger partial charge in [0.25, 0.3) is 5.91 Å². The molecule has 7 nitrogen and oxygen atoms in total. The lowest BCUT2D eigenvalue weighted by molar-refractivity contribution is -0.150. The number of ketones is 1. The maximum absolute atomic E-state index is 13.0. The van der Waals surface area contributed by atoms with Gasteiger partial charge in [0.1, 0.15) is 6.04 Å². The molecule has 0 saturated carbocycles. The van der Waals surface area contributed by atoms with Gasteiger partial charge in [-0.25, -0.2) is 4.79 Å². The molecule has 1 aliphatic rings. The van der Waals surface area contributed by atoms with Gasteiger partial charge >= 0.3 is 5.97 Å². The zero-order chi connectivity index (χ0) is 22.9. The quantitative estimate of drug-likeness (QED) is 0.585. The first kappa shape index (κ1) is 23.5. The predicted molar refractivity (Wildman–Crippen MR) is 122 cm³/mol. The van der Waals surface area contributed by atoms with Crippen LogP contribution in [-0.2, 0) is 25.5 Å². The number of hydrogen-bond donors (Lipinski definition) is 1. The molecule has 2 amide bonds. The molecule has 8 heteroatoms. The van der Waals surface area contributed by atoms with Crippen molar-refractivity contribution in [3.63, 3.8) is 0 Å². The summed E-state index contributed by atoms with van der Waals surface area (Å²) in [5.41, 5.74) is 1.37. The zero-order valence-corrected chi connectivity index (χ0v) is 18.7. The van der Waals surface area contributed by atoms with Crippen molar-refractivity contribution in [1.82, 2.24) is 10.2 Å². The average Bonchev–Trinajstić information content (AvgIpc) is 3.32. The Morgan fingerprint density at radius 3 is 2.34 bits per heavy atom. The summed E-state index contributed by atoms with van der Waals surface area (Å²) < 4.78 is 4.77. The number of nitrogens with zero attached hydrogens (tertiary/aromatic N) is 1. The maximum Gasteiger partial charge on any atom is 0.329 e. The highest BCUT2D eigenvalue weighted by atomic mass is 32.2. The highest BCUT2D eigenvalue weighted by Crippen LogP contribution is 2.23. The van der Waals surface area contributed by atoms with Crippen LogP contribution in [-0.4, -0.2) is 59.3 Å². The van der Waals surface area contributed by atoms with E-state index in [0.717, 1.165) is 5.56 Å². The first-order valence-electron chi connectivity index (χ1n) is 10.4. The number of methoxy groups -OCH3 is 1. The zero-order valence-electron chi connectivity index (χ0n) is 17.9. The predicted octanol–water partition coefficient (Wildman–Crippen LogP) is 2.45. The second kappa shape index (κ2) is 11.5. The number of rotatable bonds is 9. The standard InChI is InChI=1S/C24H26N2O5S/c1-31-24(30)20-15-32-16-26(20)22(28)13-12-21(27)19(14-17-8-4-2-5-9-17)25-23(29)18-10-6-3-7-11-18/h2-11,19-20H,12-16H2,1H3,(H,25,29)/t19-,20-/m1/s1. The van der Waals surface area contributed by atoms with Crippen molar-refractivity contribution in [3.05, 3.63) is 71.8 Å². The van der Waals surface area contributed by atoms with Crippen LogP contribution in [0.3, 0.4) is 0 Å². The highest BCUT2D eigenvalue weighted by Gasteiger charge is 2.35. The number of nitrogens with one attached hydrogen (secondary N) is 1. The van der Waals surface area contributed by atoms with Crippen LogP contribution in [0.25, 0.3) is 0 Å². The summed E-state index contributed by atoms with van der Waals surface area (Å²) in [6.45, 7) is 0. The van der Waals surface area contributed by atoms with Gasteiger partial charge < -0.3 is 15.0 Å². The van der Waals surface area contributed by atoms with Crippen molar-refractivity contribution in [3.8, 4) is 0 Å².